The Balaban J connectivity index is 1.73. The van der Waals surface area contributed by atoms with Gasteiger partial charge in [-0.15, -0.1) is 0 Å². The molecule has 0 bridgehead atoms. The van der Waals surface area contributed by atoms with Crippen LogP contribution >= 0.6 is 0 Å². The van der Waals surface area contributed by atoms with Crippen LogP contribution in [0, 0.1) is 23.7 Å². The van der Waals surface area contributed by atoms with Gasteiger partial charge in [0.2, 0.25) is 0 Å². The van der Waals surface area contributed by atoms with Crippen LogP contribution in [-0.4, -0.2) is 24.5 Å². The number of hydrogen-bond acceptors (Lipinski definition) is 6. The molecule has 0 N–H and O–H groups in total. The van der Waals surface area contributed by atoms with E-state index in [-0.39, 0.29) is 24.2 Å². The Hall–Kier alpha value is -1.95. The number of carbonyl (C=O) groups is 3. The summed E-state index contributed by atoms with van der Waals surface area (Å²) < 4.78 is 4.85. The quantitative estimate of drug-likeness (QED) is 0.414. The van der Waals surface area contributed by atoms with Gasteiger partial charge in [0.1, 0.15) is 0 Å². The molecule has 2 fully saturated rings. The molecule has 4 aliphatic rings. The van der Waals surface area contributed by atoms with Gasteiger partial charge in [-0.25, -0.2) is 4.79 Å². The summed E-state index contributed by atoms with van der Waals surface area (Å²) in [6.07, 6.45) is 6.57. The Morgan fingerprint density at radius 2 is 1.95 bits per heavy atom. The van der Waals surface area contributed by atoms with Gasteiger partial charge in [0, 0.05) is 5.92 Å². The molecule has 4 atom stereocenters. The number of hydrogen-bond donors (Lipinski definition) is 0. The highest BCUT2D eigenvalue weighted by Crippen LogP contribution is 2.49. The summed E-state index contributed by atoms with van der Waals surface area (Å²) in [4.78, 5) is 44.9. The van der Waals surface area contributed by atoms with E-state index in [4.69, 9.17) is 9.62 Å². The van der Waals surface area contributed by atoms with Crippen molar-refractivity contribution in [1.82, 2.24) is 0 Å². The summed E-state index contributed by atoms with van der Waals surface area (Å²) >= 11 is 0. The number of allylic oxidation sites excluding steroid dienone is 3. The van der Waals surface area contributed by atoms with Gasteiger partial charge in [-0.05, 0) is 30.8 Å². The molecule has 2 aliphatic carbocycles. The Morgan fingerprint density at radius 1 is 1.09 bits per heavy atom. The van der Waals surface area contributed by atoms with E-state index in [9.17, 15) is 14.4 Å². The molecule has 116 valence electrons. The van der Waals surface area contributed by atoms with Crippen LogP contribution in [0.4, 0.5) is 0 Å². The van der Waals surface area contributed by atoms with Crippen LogP contribution in [0.5, 0.6) is 0 Å². The lowest BCUT2D eigenvalue weighted by atomic mass is 9.64. The maximum atomic E-state index is 12.0. The lowest BCUT2D eigenvalue weighted by Crippen LogP contribution is -2.38. The topological polar surface area (TPSA) is 78.9 Å². The largest absolute Gasteiger partial charge is 0.392 e. The predicted octanol–water partition coefficient (Wildman–Crippen LogP) is 1.46. The maximum Gasteiger partial charge on any atom is 0.342 e. The first-order chi connectivity index (χ1) is 10.6. The SMILES string of the molecule is O=C1CC(C2CC3C(=O)OC(=O)C3C3=C2CCC=C3)COO1. The van der Waals surface area contributed by atoms with Gasteiger partial charge in [0.05, 0.1) is 24.9 Å². The van der Waals surface area contributed by atoms with E-state index in [0.717, 1.165) is 18.4 Å². The minimum Gasteiger partial charge on any atom is -0.392 e. The summed E-state index contributed by atoms with van der Waals surface area (Å²) in [5.74, 6) is -2.10. The lowest BCUT2D eigenvalue weighted by molar-refractivity contribution is -0.296. The fourth-order valence-corrected chi connectivity index (χ4v) is 4.16. The summed E-state index contributed by atoms with van der Waals surface area (Å²) in [6, 6.07) is 0. The molecule has 0 amide bonds. The zero-order valence-corrected chi connectivity index (χ0v) is 11.9. The van der Waals surface area contributed by atoms with Crippen molar-refractivity contribution < 1.29 is 28.9 Å². The van der Waals surface area contributed by atoms with Crippen molar-refractivity contribution in [3.63, 3.8) is 0 Å². The molecular formula is C16H16O6. The van der Waals surface area contributed by atoms with Crippen molar-refractivity contribution >= 4 is 17.9 Å². The Labute approximate surface area is 127 Å². The van der Waals surface area contributed by atoms with E-state index in [0.29, 0.717) is 13.0 Å². The molecule has 4 rings (SSSR count). The van der Waals surface area contributed by atoms with Crippen LogP contribution in [0.15, 0.2) is 23.3 Å². The molecule has 0 saturated carbocycles. The normalized spacial score (nSPS) is 37.5. The number of carbonyl (C=O) groups excluding carboxylic acids is 3. The third-order valence-electron chi connectivity index (χ3n) is 5.13. The molecule has 0 aromatic rings. The summed E-state index contributed by atoms with van der Waals surface area (Å²) in [6.45, 7) is 0.331. The molecule has 6 heteroatoms. The third-order valence-corrected chi connectivity index (χ3v) is 5.13. The van der Waals surface area contributed by atoms with E-state index in [1.807, 2.05) is 12.2 Å². The highest BCUT2D eigenvalue weighted by atomic mass is 17.2. The Morgan fingerprint density at radius 3 is 2.77 bits per heavy atom. The first kappa shape index (κ1) is 13.7. The lowest BCUT2D eigenvalue weighted by Gasteiger charge is -2.38. The van der Waals surface area contributed by atoms with E-state index >= 15 is 0 Å². The number of rotatable bonds is 1. The molecule has 0 spiro atoms. The van der Waals surface area contributed by atoms with Gasteiger partial charge in [0.15, 0.2) is 0 Å². The zero-order valence-electron chi connectivity index (χ0n) is 11.9. The molecule has 22 heavy (non-hydrogen) atoms. The molecule has 2 aliphatic heterocycles. The highest BCUT2D eigenvalue weighted by molar-refractivity contribution is 5.99. The first-order valence-electron chi connectivity index (χ1n) is 7.62. The van der Waals surface area contributed by atoms with E-state index in [2.05, 4.69) is 4.89 Å². The van der Waals surface area contributed by atoms with Crippen molar-refractivity contribution in [3.05, 3.63) is 23.3 Å². The van der Waals surface area contributed by atoms with E-state index in [1.165, 1.54) is 5.57 Å². The standard InChI is InChI=1S/C16H16O6/c17-13-5-8(7-20-22-13)11-6-12-14(16(19)21-15(12)18)10-4-2-1-3-9(10)11/h2,4,8,11-12,14H,1,3,5-7H2. The molecule has 6 nitrogen and oxygen atoms in total. The van der Waals surface area contributed by atoms with Crippen molar-refractivity contribution in [2.24, 2.45) is 23.7 Å². The molecule has 4 unspecified atom stereocenters. The van der Waals surface area contributed by atoms with Crippen molar-refractivity contribution in [2.75, 3.05) is 6.61 Å². The van der Waals surface area contributed by atoms with Crippen LogP contribution in [0.1, 0.15) is 25.7 Å². The van der Waals surface area contributed by atoms with Crippen LogP contribution in [0.2, 0.25) is 0 Å². The first-order valence-corrected chi connectivity index (χ1v) is 7.62. The minimum atomic E-state index is -0.466. The second-order valence-electron chi connectivity index (χ2n) is 6.29. The number of fused-ring (bicyclic) bond motifs is 2. The Bertz CT molecular complexity index is 616. The van der Waals surface area contributed by atoms with Gasteiger partial charge >= 0.3 is 17.9 Å². The molecular weight excluding hydrogens is 288 g/mol. The maximum absolute atomic E-state index is 12.0. The number of cyclic esters (lactones) is 2. The average molecular weight is 304 g/mol. The van der Waals surface area contributed by atoms with E-state index in [1.54, 1.807) is 0 Å². The smallest absolute Gasteiger partial charge is 0.342 e. The highest BCUT2D eigenvalue weighted by Gasteiger charge is 2.52. The summed E-state index contributed by atoms with van der Waals surface area (Å²) in [5.41, 5.74) is 2.10. The molecule has 2 heterocycles. The van der Waals surface area contributed by atoms with Gasteiger partial charge < -0.3 is 4.74 Å². The second-order valence-corrected chi connectivity index (χ2v) is 6.29. The van der Waals surface area contributed by atoms with Crippen LogP contribution < -0.4 is 0 Å². The molecule has 0 aromatic heterocycles. The number of esters is 2. The van der Waals surface area contributed by atoms with Crippen molar-refractivity contribution in [1.29, 1.82) is 0 Å². The third kappa shape index (κ3) is 2.01. The fraction of sp³-hybridized carbons (Fsp3) is 0.562. The monoisotopic (exact) mass is 304 g/mol. The van der Waals surface area contributed by atoms with Gasteiger partial charge in [0.25, 0.3) is 0 Å². The van der Waals surface area contributed by atoms with Gasteiger partial charge in [-0.2, -0.15) is 4.89 Å². The summed E-state index contributed by atoms with van der Waals surface area (Å²) in [7, 11) is 0. The van der Waals surface area contributed by atoms with Crippen LogP contribution in [0.3, 0.4) is 0 Å². The zero-order chi connectivity index (χ0) is 15.3. The van der Waals surface area contributed by atoms with Gasteiger partial charge in [-0.1, -0.05) is 17.7 Å². The molecule has 2 saturated heterocycles. The Kier molecular flexibility index (Phi) is 3.14. The average Bonchev–Trinajstić information content (AvgIpc) is 2.81. The summed E-state index contributed by atoms with van der Waals surface area (Å²) in [5, 5.41) is 0. The van der Waals surface area contributed by atoms with Crippen LogP contribution in [-0.2, 0) is 28.9 Å². The molecule has 0 aromatic carbocycles. The van der Waals surface area contributed by atoms with Crippen LogP contribution in [0.25, 0.3) is 0 Å². The fourth-order valence-electron chi connectivity index (χ4n) is 4.16. The second kappa shape index (κ2) is 5.05. The predicted molar refractivity (Wildman–Crippen MR) is 71.7 cm³/mol. The molecule has 0 radical (unpaired) electrons. The van der Waals surface area contributed by atoms with Crippen molar-refractivity contribution in [3.8, 4) is 0 Å². The minimum absolute atomic E-state index is 0.0118. The van der Waals surface area contributed by atoms with Gasteiger partial charge in [-0.3, -0.25) is 14.5 Å². The van der Waals surface area contributed by atoms with Crippen molar-refractivity contribution in [2.45, 2.75) is 25.7 Å². The number of ether oxygens (including phenoxy) is 1. The van der Waals surface area contributed by atoms with E-state index < -0.39 is 23.8 Å².